The number of hydrogen-bond acceptors (Lipinski definition) is 4. The fraction of sp³-hybridized carbons (Fsp3) is 0.0952. The molecule has 0 amide bonds. The molecule has 2 aromatic carbocycles. The highest BCUT2D eigenvalue weighted by molar-refractivity contribution is 6.02. The molecule has 0 fully saturated rings. The molecule has 0 radical (unpaired) electrons. The van der Waals surface area contributed by atoms with Crippen molar-refractivity contribution >= 4 is 17.0 Å². The molecule has 5 nitrogen and oxygen atoms in total. The zero-order valence-electron chi connectivity index (χ0n) is 14.3. The summed E-state index contributed by atoms with van der Waals surface area (Å²) in [4.78, 5) is 17.1. The third-order valence-corrected chi connectivity index (χ3v) is 4.07. The number of aromatic nitrogens is 3. The van der Waals surface area contributed by atoms with Crippen LogP contribution in [0, 0.1) is 0 Å². The Morgan fingerprint density at radius 1 is 0.962 bits per heavy atom. The van der Waals surface area contributed by atoms with Crippen molar-refractivity contribution in [3.63, 3.8) is 0 Å². The molecular weight excluding hydrogens is 326 g/mol. The van der Waals surface area contributed by atoms with Crippen molar-refractivity contribution in [2.45, 2.75) is 6.92 Å². The van der Waals surface area contributed by atoms with Gasteiger partial charge in [-0.1, -0.05) is 48.5 Å². The van der Waals surface area contributed by atoms with Crippen LogP contribution in [0.4, 0.5) is 0 Å². The molecular formula is C21H17N3O2. The Hall–Kier alpha value is -3.47. The minimum Gasteiger partial charge on any atom is -0.461 e. The highest BCUT2D eigenvalue weighted by Gasteiger charge is 2.20. The van der Waals surface area contributed by atoms with E-state index < -0.39 is 5.97 Å². The number of esters is 1. The highest BCUT2D eigenvalue weighted by atomic mass is 16.5. The predicted molar refractivity (Wildman–Crippen MR) is 100 cm³/mol. The summed E-state index contributed by atoms with van der Waals surface area (Å²) in [7, 11) is 0. The number of rotatable bonds is 4. The monoisotopic (exact) mass is 343 g/mol. The quantitative estimate of drug-likeness (QED) is 0.519. The van der Waals surface area contributed by atoms with E-state index in [0.717, 1.165) is 16.9 Å². The first-order chi connectivity index (χ1) is 12.8. The van der Waals surface area contributed by atoms with E-state index >= 15 is 0 Å². The van der Waals surface area contributed by atoms with E-state index in [0.29, 0.717) is 17.6 Å². The fourth-order valence-electron chi connectivity index (χ4n) is 2.87. The summed E-state index contributed by atoms with van der Waals surface area (Å²) in [5.74, 6) is -0.443. The smallest absolute Gasteiger partial charge is 0.359 e. The van der Waals surface area contributed by atoms with Gasteiger partial charge in [0.25, 0.3) is 0 Å². The number of carbonyl (C=O) groups is 1. The third kappa shape index (κ3) is 2.84. The summed E-state index contributed by atoms with van der Waals surface area (Å²) >= 11 is 0. The highest BCUT2D eigenvalue weighted by Crippen LogP contribution is 2.25. The number of pyridine rings is 1. The molecule has 0 spiro atoms. The Bertz CT molecular complexity index is 1060. The van der Waals surface area contributed by atoms with Gasteiger partial charge in [0.15, 0.2) is 11.3 Å². The lowest BCUT2D eigenvalue weighted by atomic mass is 10.1. The van der Waals surface area contributed by atoms with Gasteiger partial charge in [-0.05, 0) is 31.2 Å². The van der Waals surface area contributed by atoms with Gasteiger partial charge >= 0.3 is 5.97 Å². The summed E-state index contributed by atoms with van der Waals surface area (Å²) < 4.78 is 6.85. The van der Waals surface area contributed by atoms with Gasteiger partial charge in [0.2, 0.25) is 0 Å². The van der Waals surface area contributed by atoms with Gasteiger partial charge in [0.1, 0.15) is 0 Å². The van der Waals surface area contributed by atoms with Crippen molar-refractivity contribution in [2.75, 3.05) is 6.61 Å². The molecule has 0 saturated heterocycles. The van der Waals surface area contributed by atoms with Gasteiger partial charge in [0, 0.05) is 5.56 Å². The van der Waals surface area contributed by atoms with Crippen LogP contribution in [0.3, 0.4) is 0 Å². The maximum Gasteiger partial charge on any atom is 0.359 e. The van der Waals surface area contributed by atoms with Crippen molar-refractivity contribution in [1.82, 2.24) is 14.8 Å². The summed E-state index contributed by atoms with van der Waals surface area (Å²) in [5, 5.41) is 5.17. The zero-order chi connectivity index (χ0) is 17.9. The minimum absolute atomic E-state index is 0.276. The van der Waals surface area contributed by atoms with Crippen LogP contribution >= 0.6 is 0 Å². The topological polar surface area (TPSA) is 57.0 Å². The van der Waals surface area contributed by atoms with Crippen LogP contribution in [0.25, 0.3) is 28.0 Å². The first-order valence-corrected chi connectivity index (χ1v) is 8.45. The molecule has 0 aliphatic heterocycles. The van der Waals surface area contributed by atoms with E-state index in [9.17, 15) is 4.79 Å². The van der Waals surface area contributed by atoms with E-state index in [1.165, 1.54) is 0 Å². The van der Waals surface area contributed by atoms with Crippen LogP contribution in [-0.2, 0) is 4.74 Å². The Labute approximate surface area is 150 Å². The molecule has 0 aliphatic rings. The molecule has 0 atom stereocenters. The second kappa shape index (κ2) is 6.80. The van der Waals surface area contributed by atoms with E-state index in [4.69, 9.17) is 9.72 Å². The van der Waals surface area contributed by atoms with Gasteiger partial charge in [-0.3, -0.25) is 0 Å². The average molecular weight is 343 g/mol. The predicted octanol–water partition coefficient (Wildman–Crippen LogP) is 4.26. The van der Waals surface area contributed by atoms with Crippen LogP contribution in [0.1, 0.15) is 17.4 Å². The van der Waals surface area contributed by atoms with Gasteiger partial charge in [0.05, 0.1) is 23.4 Å². The lowest BCUT2D eigenvalue weighted by molar-refractivity contribution is 0.0521. The average Bonchev–Trinajstić information content (AvgIpc) is 3.08. The number of para-hydroxylation sites is 1. The first-order valence-electron chi connectivity index (χ1n) is 8.45. The van der Waals surface area contributed by atoms with Crippen molar-refractivity contribution < 1.29 is 9.53 Å². The lowest BCUT2D eigenvalue weighted by Crippen LogP contribution is -2.07. The normalized spacial score (nSPS) is 10.8. The molecule has 0 N–H and O–H groups in total. The second-order valence-electron chi connectivity index (χ2n) is 5.75. The Morgan fingerprint density at radius 3 is 2.35 bits per heavy atom. The molecule has 4 rings (SSSR count). The summed E-state index contributed by atoms with van der Waals surface area (Å²) in [5.41, 5.74) is 3.57. The minimum atomic E-state index is -0.443. The maximum absolute atomic E-state index is 12.3. The third-order valence-electron chi connectivity index (χ3n) is 4.07. The van der Waals surface area contributed by atoms with Crippen LogP contribution in [0.2, 0.25) is 0 Å². The molecule has 2 heterocycles. The number of nitrogens with zero attached hydrogens (tertiary/aromatic N) is 3. The van der Waals surface area contributed by atoms with Crippen molar-refractivity contribution in [1.29, 1.82) is 0 Å². The summed E-state index contributed by atoms with van der Waals surface area (Å²) in [6.45, 7) is 2.08. The molecule has 5 heteroatoms. The van der Waals surface area contributed by atoms with E-state index in [1.54, 1.807) is 11.6 Å². The van der Waals surface area contributed by atoms with Gasteiger partial charge in [-0.25, -0.2) is 14.5 Å². The first kappa shape index (κ1) is 16.0. The number of benzene rings is 2. The number of fused-ring (bicyclic) bond motifs is 1. The van der Waals surface area contributed by atoms with Gasteiger partial charge in [-0.2, -0.15) is 5.10 Å². The molecule has 0 bridgehead atoms. The number of ether oxygens (including phenoxy) is 1. The number of carbonyl (C=O) groups excluding carboxylic acids is 1. The molecule has 0 aliphatic carbocycles. The molecule has 4 aromatic rings. The zero-order valence-corrected chi connectivity index (χ0v) is 14.3. The Morgan fingerprint density at radius 2 is 1.65 bits per heavy atom. The van der Waals surface area contributed by atoms with E-state index in [-0.39, 0.29) is 5.69 Å². The Kier molecular flexibility index (Phi) is 4.19. The van der Waals surface area contributed by atoms with E-state index in [1.807, 2.05) is 72.8 Å². The van der Waals surface area contributed by atoms with Crippen molar-refractivity contribution in [3.8, 4) is 16.9 Å². The number of hydrogen-bond donors (Lipinski definition) is 0. The van der Waals surface area contributed by atoms with Crippen molar-refractivity contribution in [2.24, 2.45) is 0 Å². The van der Waals surface area contributed by atoms with Crippen molar-refractivity contribution in [3.05, 3.63) is 78.5 Å². The van der Waals surface area contributed by atoms with Gasteiger partial charge < -0.3 is 4.74 Å². The van der Waals surface area contributed by atoms with Crippen LogP contribution < -0.4 is 0 Å². The molecule has 128 valence electrons. The Balaban J connectivity index is 1.94. The summed E-state index contributed by atoms with van der Waals surface area (Å²) in [6.07, 6.45) is 0. The molecule has 0 unspecified atom stereocenters. The molecule has 26 heavy (non-hydrogen) atoms. The fourth-order valence-corrected chi connectivity index (χ4v) is 2.87. The van der Waals surface area contributed by atoms with E-state index in [2.05, 4.69) is 5.10 Å². The van der Waals surface area contributed by atoms with Gasteiger partial charge in [-0.15, -0.1) is 0 Å². The van der Waals surface area contributed by atoms with Crippen LogP contribution in [0.5, 0.6) is 0 Å². The van der Waals surface area contributed by atoms with Crippen LogP contribution in [0.15, 0.2) is 72.8 Å². The molecule has 2 aromatic heterocycles. The standard InChI is InChI=1S/C21H17N3O2/c1-2-26-21(25)19-17-13-14-18(15-9-5-3-6-10-15)22-20(17)24(23-19)16-11-7-4-8-12-16/h3-14H,2H2,1H3. The largest absolute Gasteiger partial charge is 0.461 e. The summed E-state index contributed by atoms with van der Waals surface area (Å²) in [6, 6.07) is 23.3. The van der Waals surface area contributed by atoms with Crippen LogP contribution in [-0.4, -0.2) is 27.3 Å². The second-order valence-corrected chi connectivity index (χ2v) is 5.75. The SMILES string of the molecule is CCOC(=O)c1nn(-c2ccccc2)c2nc(-c3ccccc3)ccc12. The molecule has 0 saturated carbocycles. The lowest BCUT2D eigenvalue weighted by Gasteiger charge is -2.04. The maximum atomic E-state index is 12.3.